The summed E-state index contributed by atoms with van der Waals surface area (Å²) in [5.41, 5.74) is 1.47. The van der Waals surface area contributed by atoms with Crippen molar-refractivity contribution >= 4 is 5.91 Å². The zero-order valence-corrected chi connectivity index (χ0v) is 10.7. The number of hydrogen-bond acceptors (Lipinski definition) is 3. The standard InChI is InChI=1S/C12H21N3O2/c1-4-11-10(8-15(3)14-11)12(17)13-7-5-6-9(2)16/h8-9,16H,4-7H2,1-3H3,(H,13,17). The molecule has 0 spiro atoms. The van der Waals surface area contributed by atoms with Crippen LogP contribution in [0.25, 0.3) is 0 Å². The molecule has 0 saturated carbocycles. The summed E-state index contributed by atoms with van der Waals surface area (Å²) in [5.74, 6) is -0.0828. The second-order valence-electron chi connectivity index (χ2n) is 4.26. The van der Waals surface area contributed by atoms with E-state index in [9.17, 15) is 4.79 Å². The van der Waals surface area contributed by atoms with Gasteiger partial charge in [0.2, 0.25) is 0 Å². The molecule has 0 aliphatic heterocycles. The predicted molar refractivity (Wildman–Crippen MR) is 65.8 cm³/mol. The van der Waals surface area contributed by atoms with Crippen LogP contribution in [0.4, 0.5) is 0 Å². The summed E-state index contributed by atoms with van der Waals surface area (Å²) in [5, 5.41) is 16.2. The Morgan fingerprint density at radius 2 is 2.35 bits per heavy atom. The molecule has 5 heteroatoms. The van der Waals surface area contributed by atoms with Gasteiger partial charge in [0.25, 0.3) is 5.91 Å². The molecule has 1 aromatic rings. The summed E-state index contributed by atoms with van der Waals surface area (Å²) >= 11 is 0. The van der Waals surface area contributed by atoms with Crippen molar-refractivity contribution in [2.24, 2.45) is 7.05 Å². The molecular formula is C12H21N3O2. The summed E-state index contributed by atoms with van der Waals surface area (Å²) in [7, 11) is 1.81. The van der Waals surface area contributed by atoms with Gasteiger partial charge >= 0.3 is 0 Å². The fraction of sp³-hybridized carbons (Fsp3) is 0.667. The molecule has 1 aromatic heterocycles. The Hall–Kier alpha value is -1.36. The molecule has 1 unspecified atom stereocenters. The fourth-order valence-corrected chi connectivity index (χ4v) is 1.68. The van der Waals surface area contributed by atoms with Gasteiger partial charge in [-0.2, -0.15) is 5.10 Å². The number of amides is 1. The number of aromatic nitrogens is 2. The zero-order chi connectivity index (χ0) is 12.8. The molecule has 0 aromatic carbocycles. The lowest BCUT2D eigenvalue weighted by Crippen LogP contribution is -2.25. The van der Waals surface area contributed by atoms with Crippen LogP contribution in [0.1, 0.15) is 42.7 Å². The smallest absolute Gasteiger partial charge is 0.254 e. The number of carbonyl (C=O) groups excluding carboxylic acids is 1. The molecule has 0 fully saturated rings. The number of rotatable bonds is 6. The summed E-state index contributed by atoms with van der Waals surface area (Å²) in [4.78, 5) is 11.9. The van der Waals surface area contributed by atoms with Crippen molar-refractivity contribution in [2.75, 3.05) is 6.54 Å². The van der Waals surface area contributed by atoms with Crippen molar-refractivity contribution in [1.29, 1.82) is 0 Å². The first kappa shape index (κ1) is 13.7. The molecule has 96 valence electrons. The molecular weight excluding hydrogens is 218 g/mol. The molecule has 0 bridgehead atoms. The quantitative estimate of drug-likeness (QED) is 0.724. The Morgan fingerprint density at radius 1 is 1.65 bits per heavy atom. The third kappa shape index (κ3) is 4.19. The van der Waals surface area contributed by atoms with Crippen LogP contribution in [0.3, 0.4) is 0 Å². The molecule has 0 radical (unpaired) electrons. The monoisotopic (exact) mass is 239 g/mol. The highest BCUT2D eigenvalue weighted by molar-refractivity contribution is 5.95. The van der Waals surface area contributed by atoms with Crippen LogP contribution >= 0.6 is 0 Å². The first-order valence-electron chi connectivity index (χ1n) is 6.03. The van der Waals surface area contributed by atoms with E-state index < -0.39 is 0 Å². The van der Waals surface area contributed by atoms with Crippen molar-refractivity contribution < 1.29 is 9.90 Å². The zero-order valence-electron chi connectivity index (χ0n) is 10.7. The first-order chi connectivity index (χ1) is 8.04. The fourth-order valence-electron chi connectivity index (χ4n) is 1.68. The van der Waals surface area contributed by atoms with Gasteiger partial charge in [-0.05, 0) is 26.2 Å². The highest BCUT2D eigenvalue weighted by atomic mass is 16.3. The maximum absolute atomic E-state index is 11.9. The van der Waals surface area contributed by atoms with E-state index in [4.69, 9.17) is 5.11 Å². The lowest BCUT2D eigenvalue weighted by molar-refractivity contribution is 0.0948. The first-order valence-corrected chi connectivity index (χ1v) is 6.03. The van der Waals surface area contributed by atoms with E-state index in [1.165, 1.54) is 0 Å². The Balaban J connectivity index is 2.46. The summed E-state index contributed by atoms with van der Waals surface area (Å²) in [6.07, 6.45) is 3.66. The Morgan fingerprint density at radius 3 is 2.94 bits per heavy atom. The van der Waals surface area contributed by atoms with E-state index in [1.807, 2.05) is 14.0 Å². The molecule has 17 heavy (non-hydrogen) atoms. The second-order valence-corrected chi connectivity index (χ2v) is 4.26. The van der Waals surface area contributed by atoms with Crippen LogP contribution < -0.4 is 5.32 Å². The van der Waals surface area contributed by atoms with Crippen LogP contribution in [0.15, 0.2) is 6.20 Å². The predicted octanol–water partition coefficient (Wildman–Crippen LogP) is 0.873. The molecule has 0 saturated heterocycles. The van der Waals surface area contributed by atoms with Gasteiger partial charge in [0.1, 0.15) is 0 Å². The molecule has 0 aliphatic rings. The maximum Gasteiger partial charge on any atom is 0.254 e. The van der Waals surface area contributed by atoms with Crippen LogP contribution in [0.5, 0.6) is 0 Å². The van der Waals surface area contributed by atoms with E-state index in [0.717, 1.165) is 18.5 Å². The number of hydrogen-bond donors (Lipinski definition) is 2. The van der Waals surface area contributed by atoms with Crippen LogP contribution in [0, 0.1) is 0 Å². The molecule has 1 amide bonds. The second kappa shape index (κ2) is 6.39. The summed E-state index contributed by atoms with van der Waals surface area (Å²) in [6, 6.07) is 0. The molecule has 1 atom stereocenters. The highest BCUT2D eigenvalue weighted by Gasteiger charge is 2.13. The van der Waals surface area contributed by atoms with Crippen LogP contribution in [-0.2, 0) is 13.5 Å². The van der Waals surface area contributed by atoms with Crippen LogP contribution in [0.2, 0.25) is 0 Å². The van der Waals surface area contributed by atoms with Gasteiger partial charge in [-0.25, -0.2) is 0 Å². The number of aliphatic hydroxyl groups is 1. The molecule has 1 heterocycles. The summed E-state index contributed by atoms with van der Waals surface area (Å²) in [6.45, 7) is 4.31. The van der Waals surface area contributed by atoms with Gasteiger partial charge in [-0.3, -0.25) is 9.48 Å². The van der Waals surface area contributed by atoms with E-state index in [0.29, 0.717) is 18.5 Å². The lowest BCUT2D eigenvalue weighted by Gasteiger charge is -2.06. The molecule has 1 rings (SSSR count). The van der Waals surface area contributed by atoms with Crippen molar-refractivity contribution in [2.45, 2.75) is 39.2 Å². The number of nitrogens with one attached hydrogen (secondary N) is 1. The Kier molecular flexibility index (Phi) is 5.15. The van der Waals surface area contributed by atoms with Crippen molar-refractivity contribution in [3.05, 3.63) is 17.5 Å². The lowest BCUT2D eigenvalue weighted by atomic mass is 10.2. The van der Waals surface area contributed by atoms with Crippen molar-refractivity contribution in [1.82, 2.24) is 15.1 Å². The van der Waals surface area contributed by atoms with Gasteiger partial charge in [0.05, 0.1) is 17.4 Å². The van der Waals surface area contributed by atoms with E-state index in [-0.39, 0.29) is 12.0 Å². The van der Waals surface area contributed by atoms with Gasteiger partial charge in [0, 0.05) is 19.8 Å². The van der Waals surface area contributed by atoms with Gasteiger partial charge in [0.15, 0.2) is 0 Å². The molecule has 0 aliphatic carbocycles. The van der Waals surface area contributed by atoms with Crippen molar-refractivity contribution in [3.8, 4) is 0 Å². The Bertz CT molecular complexity index is 372. The van der Waals surface area contributed by atoms with Gasteiger partial charge in [-0.1, -0.05) is 6.92 Å². The highest BCUT2D eigenvalue weighted by Crippen LogP contribution is 2.06. The number of carbonyl (C=O) groups is 1. The molecule has 5 nitrogen and oxygen atoms in total. The topological polar surface area (TPSA) is 67.2 Å². The minimum atomic E-state index is -0.309. The van der Waals surface area contributed by atoms with E-state index in [1.54, 1.807) is 17.8 Å². The average molecular weight is 239 g/mol. The normalized spacial score (nSPS) is 12.5. The minimum Gasteiger partial charge on any atom is -0.393 e. The number of aryl methyl sites for hydroxylation is 2. The Labute approximate surface area is 102 Å². The molecule has 2 N–H and O–H groups in total. The van der Waals surface area contributed by atoms with Gasteiger partial charge in [-0.15, -0.1) is 0 Å². The SMILES string of the molecule is CCc1nn(C)cc1C(=O)NCCCC(C)O. The van der Waals surface area contributed by atoms with Crippen LogP contribution in [-0.4, -0.2) is 33.4 Å². The third-order valence-corrected chi connectivity index (χ3v) is 2.57. The van der Waals surface area contributed by atoms with Gasteiger partial charge < -0.3 is 10.4 Å². The minimum absolute atomic E-state index is 0.0828. The number of aliphatic hydroxyl groups excluding tert-OH is 1. The number of nitrogens with zero attached hydrogens (tertiary/aromatic N) is 2. The van der Waals surface area contributed by atoms with Crippen molar-refractivity contribution in [3.63, 3.8) is 0 Å². The average Bonchev–Trinajstić information content (AvgIpc) is 2.65. The van der Waals surface area contributed by atoms with E-state index >= 15 is 0 Å². The largest absolute Gasteiger partial charge is 0.393 e. The van der Waals surface area contributed by atoms with E-state index in [2.05, 4.69) is 10.4 Å². The summed E-state index contributed by atoms with van der Waals surface area (Å²) < 4.78 is 1.66. The third-order valence-electron chi connectivity index (χ3n) is 2.57. The maximum atomic E-state index is 11.9.